The summed E-state index contributed by atoms with van der Waals surface area (Å²) in [5.74, 6) is 0.0649. The Morgan fingerprint density at radius 3 is 2.48 bits per heavy atom. The van der Waals surface area contributed by atoms with Crippen LogP contribution in [-0.2, 0) is 12.7 Å². The zero-order valence-corrected chi connectivity index (χ0v) is 16.8. The number of nitrogens with zero attached hydrogens (tertiary/aromatic N) is 4. The quantitative estimate of drug-likeness (QED) is 0.637. The van der Waals surface area contributed by atoms with Crippen LogP contribution in [0, 0.1) is 0 Å². The molecule has 4 rings (SSSR count). The Kier molecular flexibility index (Phi) is 5.30. The van der Waals surface area contributed by atoms with Crippen molar-refractivity contribution in [1.82, 2.24) is 24.8 Å². The molecule has 0 unspecified atom stereocenters. The van der Waals surface area contributed by atoms with E-state index in [0.717, 1.165) is 22.2 Å². The van der Waals surface area contributed by atoms with Crippen LogP contribution < -0.4 is 0 Å². The number of rotatable bonds is 3. The fourth-order valence-electron chi connectivity index (χ4n) is 3.29. The second-order valence-electron chi connectivity index (χ2n) is 6.87. The first kappa shape index (κ1) is 19.8. The Hall–Kier alpha value is -2.46. The largest absolute Gasteiger partial charge is 0.416 e. The number of benzene rings is 1. The molecule has 1 amide bonds. The van der Waals surface area contributed by atoms with Gasteiger partial charge in [-0.15, -0.1) is 0 Å². The maximum atomic E-state index is 12.7. The van der Waals surface area contributed by atoms with Crippen molar-refractivity contribution in [3.05, 3.63) is 58.0 Å². The lowest BCUT2D eigenvalue weighted by Crippen LogP contribution is -2.48. The van der Waals surface area contributed by atoms with Gasteiger partial charge in [0, 0.05) is 43.4 Å². The number of amides is 1. The van der Waals surface area contributed by atoms with Crippen molar-refractivity contribution >= 4 is 33.0 Å². The molecule has 1 aliphatic heterocycles. The van der Waals surface area contributed by atoms with E-state index in [1.165, 1.54) is 12.1 Å². The minimum absolute atomic E-state index is 0.187. The van der Waals surface area contributed by atoms with Crippen molar-refractivity contribution < 1.29 is 18.0 Å². The van der Waals surface area contributed by atoms with Crippen molar-refractivity contribution in [2.45, 2.75) is 12.7 Å². The molecule has 0 atom stereocenters. The molecule has 10 heteroatoms. The number of hydrogen-bond donors (Lipinski definition) is 1. The number of fused-ring (bicyclic) bond motifs is 1. The van der Waals surface area contributed by atoms with E-state index in [4.69, 9.17) is 0 Å². The van der Waals surface area contributed by atoms with E-state index in [1.807, 2.05) is 6.07 Å². The van der Waals surface area contributed by atoms with E-state index >= 15 is 0 Å². The molecular weight excluding hydrogens is 451 g/mol. The van der Waals surface area contributed by atoms with E-state index in [-0.39, 0.29) is 11.7 Å². The highest BCUT2D eigenvalue weighted by molar-refractivity contribution is 9.10. The number of alkyl halides is 3. The number of carbonyl (C=O) groups excluding carboxylic acids is 1. The number of carbonyl (C=O) groups is 1. The van der Waals surface area contributed by atoms with Crippen molar-refractivity contribution in [2.24, 2.45) is 0 Å². The minimum atomic E-state index is -4.33. The first-order chi connectivity index (χ1) is 13.8. The van der Waals surface area contributed by atoms with E-state index in [1.54, 1.807) is 11.1 Å². The normalized spacial score (nSPS) is 15.8. The fraction of sp³-hybridized carbons (Fsp3) is 0.316. The molecule has 3 aromatic rings. The molecular formula is C19H17BrF3N5O. The molecule has 1 N–H and O–H groups in total. The SMILES string of the molecule is O=C(c1nc2ncc(Br)cc2[nH]1)N1CCN(Cc2ccc(C(F)(F)F)cc2)CC1. The number of imidazole rings is 1. The van der Waals surface area contributed by atoms with Crippen molar-refractivity contribution in [3.8, 4) is 0 Å². The van der Waals surface area contributed by atoms with Gasteiger partial charge in [-0.3, -0.25) is 9.69 Å². The summed E-state index contributed by atoms with van der Waals surface area (Å²) < 4.78 is 38.8. The van der Waals surface area contributed by atoms with Crippen LogP contribution in [0.2, 0.25) is 0 Å². The summed E-state index contributed by atoms with van der Waals surface area (Å²) in [6, 6.07) is 7.01. The summed E-state index contributed by atoms with van der Waals surface area (Å²) in [6.45, 7) is 2.86. The van der Waals surface area contributed by atoms with Crippen LogP contribution in [0.3, 0.4) is 0 Å². The van der Waals surface area contributed by atoms with E-state index in [9.17, 15) is 18.0 Å². The zero-order valence-electron chi connectivity index (χ0n) is 15.2. The lowest BCUT2D eigenvalue weighted by atomic mass is 10.1. The van der Waals surface area contributed by atoms with Crippen molar-refractivity contribution in [3.63, 3.8) is 0 Å². The molecule has 0 aliphatic carbocycles. The molecule has 29 heavy (non-hydrogen) atoms. The second kappa shape index (κ2) is 7.75. The maximum Gasteiger partial charge on any atom is 0.416 e. The molecule has 152 valence electrons. The number of pyridine rings is 1. The van der Waals surface area contributed by atoms with Crippen LogP contribution in [0.25, 0.3) is 11.2 Å². The topological polar surface area (TPSA) is 65.1 Å². The predicted molar refractivity (Wildman–Crippen MR) is 104 cm³/mol. The molecule has 6 nitrogen and oxygen atoms in total. The summed E-state index contributed by atoms with van der Waals surface area (Å²) in [6.07, 6.45) is -2.70. The van der Waals surface area contributed by atoms with Gasteiger partial charge in [0.05, 0.1) is 11.1 Å². The van der Waals surface area contributed by atoms with Gasteiger partial charge in [0.2, 0.25) is 0 Å². The van der Waals surface area contributed by atoms with Gasteiger partial charge < -0.3 is 9.88 Å². The molecule has 0 bridgehead atoms. The third kappa shape index (κ3) is 4.43. The summed E-state index contributed by atoms with van der Waals surface area (Å²) >= 11 is 3.34. The van der Waals surface area contributed by atoms with Crippen molar-refractivity contribution in [2.75, 3.05) is 26.2 Å². The summed E-state index contributed by atoms with van der Waals surface area (Å²) in [4.78, 5) is 28.0. The Bertz CT molecular complexity index is 1030. The molecule has 0 saturated carbocycles. The highest BCUT2D eigenvalue weighted by Gasteiger charge is 2.30. The lowest BCUT2D eigenvalue weighted by molar-refractivity contribution is -0.137. The first-order valence-corrected chi connectivity index (χ1v) is 9.78. The molecule has 0 radical (unpaired) electrons. The fourth-order valence-corrected chi connectivity index (χ4v) is 3.62. The van der Waals surface area contributed by atoms with Crippen LogP contribution in [0.15, 0.2) is 41.0 Å². The van der Waals surface area contributed by atoms with E-state index in [2.05, 4.69) is 35.8 Å². The average Bonchev–Trinajstić information content (AvgIpc) is 3.11. The predicted octanol–water partition coefficient (Wildman–Crippen LogP) is 3.70. The van der Waals surface area contributed by atoms with Crippen LogP contribution in [0.4, 0.5) is 13.2 Å². The molecule has 0 spiro atoms. The van der Waals surface area contributed by atoms with Crippen molar-refractivity contribution in [1.29, 1.82) is 0 Å². The Morgan fingerprint density at radius 1 is 1.14 bits per heavy atom. The van der Waals surface area contributed by atoms with Crippen LogP contribution in [0.5, 0.6) is 0 Å². The van der Waals surface area contributed by atoms with Gasteiger partial charge in [-0.25, -0.2) is 9.97 Å². The molecule has 1 saturated heterocycles. The molecule has 1 aliphatic rings. The maximum absolute atomic E-state index is 12.7. The van der Waals surface area contributed by atoms with Gasteiger partial charge in [0.1, 0.15) is 0 Å². The zero-order chi connectivity index (χ0) is 20.6. The van der Waals surface area contributed by atoms with Gasteiger partial charge in [-0.05, 0) is 39.7 Å². The van der Waals surface area contributed by atoms with Gasteiger partial charge in [0.15, 0.2) is 11.5 Å². The number of aromatic nitrogens is 3. The van der Waals surface area contributed by atoms with Crippen LogP contribution >= 0.6 is 15.9 Å². The van der Waals surface area contributed by atoms with E-state index < -0.39 is 11.7 Å². The van der Waals surface area contributed by atoms with E-state index in [0.29, 0.717) is 43.9 Å². The van der Waals surface area contributed by atoms with Gasteiger partial charge in [-0.1, -0.05) is 12.1 Å². The highest BCUT2D eigenvalue weighted by atomic mass is 79.9. The number of piperazine rings is 1. The number of hydrogen-bond acceptors (Lipinski definition) is 4. The second-order valence-corrected chi connectivity index (χ2v) is 7.79. The Labute approximate surface area is 172 Å². The Balaban J connectivity index is 1.35. The van der Waals surface area contributed by atoms with Crippen LogP contribution in [0.1, 0.15) is 21.7 Å². The molecule has 2 aromatic heterocycles. The number of H-pyrrole nitrogens is 1. The standard InChI is InChI=1S/C19H17BrF3N5O/c20-14-9-15-16(24-10-14)26-17(25-15)18(29)28-7-5-27(6-8-28)11-12-1-3-13(4-2-12)19(21,22)23/h1-4,9-10H,5-8,11H2,(H,24,25,26). The first-order valence-electron chi connectivity index (χ1n) is 8.98. The monoisotopic (exact) mass is 467 g/mol. The molecule has 1 aromatic carbocycles. The molecule has 3 heterocycles. The number of nitrogens with one attached hydrogen (secondary N) is 1. The molecule has 1 fully saturated rings. The smallest absolute Gasteiger partial charge is 0.333 e. The average molecular weight is 468 g/mol. The van der Waals surface area contributed by atoms with Gasteiger partial charge >= 0.3 is 6.18 Å². The number of aromatic amines is 1. The van der Waals surface area contributed by atoms with Gasteiger partial charge in [-0.2, -0.15) is 13.2 Å². The van der Waals surface area contributed by atoms with Gasteiger partial charge in [0.25, 0.3) is 5.91 Å². The number of halogens is 4. The third-order valence-corrected chi connectivity index (χ3v) is 5.29. The summed E-state index contributed by atoms with van der Waals surface area (Å²) in [7, 11) is 0. The Morgan fingerprint density at radius 2 is 1.83 bits per heavy atom. The lowest BCUT2D eigenvalue weighted by Gasteiger charge is -2.34. The summed E-state index contributed by atoms with van der Waals surface area (Å²) in [5, 5.41) is 0. The third-order valence-electron chi connectivity index (χ3n) is 4.85. The van der Waals surface area contributed by atoms with Crippen LogP contribution in [-0.4, -0.2) is 56.8 Å². The summed E-state index contributed by atoms with van der Waals surface area (Å²) in [5.41, 5.74) is 1.33. The highest BCUT2D eigenvalue weighted by Crippen LogP contribution is 2.29. The minimum Gasteiger partial charge on any atom is -0.333 e.